The third-order valence-electron chi connectivity index (χ3n) is 1.95. The van der Waals surface area contributed by atoms with Gasteiger partial charge in [-0.15, -0.1) is 0 Å². The van der Waals surface area contributed by atoms with Crippen molar-refractivity contribution in [2.75, 3.05) is 6.61 Å². The standard InChI is InChI=1S/C10H9ClFNO4/c1-2-17-10(14)4-6-3-7(11)9(13(15)16)5-8(6)12/h3,5H,2,4H2,1H3. The van der Waals surface area contributed by atoms with E-state index >= 15 is 0 Å². The summed E-state index contributed by atoms with van der Waals surface area (Å²) in [6.45, 7) is 1.80. The number of nitrogens with zero attached hydrogens (tertiary/aromatic N) is 1. The molecule has 1 aromatic rings. The van der Waals surface area contributed by atoms with Gasteiger partial charge in [-0.05, 0) is 13.0 Å². The van der Waals surface area contributed by atoms with Gasteiger partial charge in [-0.1, -0.05) is 11.6 Å². The van der Waals surface area contributed by atoms with Gasteiger partial charge >= 0.3 is 5.97 Å². The van der Waals surface area contributed by atoms with Crippen molar-refractivity contribution < 1.29 is 18.8 Å². The van der Waals surface area contributed by atoms with Crippen LogP contribution in [0.1, 0.15) is 12.5 Å². The number of ether oxygens (including phenoxy) is 1. The summed E-state index contributed by atoms with van der Waals surface area (Å²) in [6, 6.07) is 1.75. The Balaban J connectivity index is 2.99. The third-order valence-corrected chi connectivity index (χ3v) is 2.26. The zero-order chi connectivity index (χ0) is 13.0. The van der Waals surface area contributed by atoms with Crippen molar-refractivity contribution in [3.8, 4) is 0 Å². The second-order valence-electron chi connectivity index (χ2n) is 3.13. The lowest BCUT2D eigenvalue weighted by molar-refractivity contribution is -0.384. The van der Waals surface area contributed by atoms with Crippen LogP contribution in [0.3, 0.4) is 0 Å². The van der Waals surface area contributed by atoms with E-state index in [-0.39, 0.29) is 23.6 Å². The molecule has 0 atom stereocenters. The Hall–Kier alpha value is -1.69. The highest BCUT2D eigenvalue weighted by Crippen LogP contribution is 2.27. The monoisotopic (exact) mass is 261 g/mol. The summed E-state index contributed by atoms with van der Waals surface area (Å²) >= 11 is 5.60. The fourth-order valence-corrected chi connectivity index (χ4v) is 1.48. The van der Waals surface area contributed by atoms with Crippen LogP contribution >= 0.6 is 11.6 Å². The molecule has 17 heavy (non-hydrogen) atoms. The maximum Gasteiger partial charge on any atom is 0.310 e. The number of hydrogen-bond acceptors (Lipinski definition) is 4. The topological polar surface area (TPSA) is 69.4 Å². The van der Waals surface area contributed by atoms with Gasteiger partial charge in [0.05, 0.1) is 24.0 Å². The summed E-state index contributed by atoms with van der Waals surface area (Å²) in [5, 5.41) is 10.3. The first kappa shape index (κ1) is 13.4. The predicted octanol–water partition coefficient (Wildman–Crippen LogP) is 2.49. The van der Waals surface area contributed by atoms with Gasteiger partial charge in [0.25, 0.3) is 5.69 Å². The predicted molar refractivity (Wildman–Crippen MR) is 58.4 cm³/mol. The van der Waals surface area contributed by atoms with Gasteiger partial charge in [-0.3, -0.25) is 14.9 Å². The fourth-order valence-electron chi connectivity index (χ4n) is 1.22. The van der Waals surface area contributed by atoms with E-state index < -0.39 is 22.4 Å². The van der Waals surface area contributed by atoms with E-state index in [0.717, 1.165) is 6.07 Å². The molecule has 1 rings (SSSR count). The van der Waals surface area contributed by atoms with Gasteiger partial charge in [-0.2, -0.15) is 0 Å². The minimum absolute atomic E-state index is 0.0287. The van der Waals surface area contributed by atoms with Gasteiger partial charge in [0.1, 0.15) is 10.8 Å². The number of carbonyl (C=O) groups is 1. The summed E-state index contributed by atoms with van der Waals surface area (Å²) < 4.78 is 18.1. The van der Waals surface area contributed by atoms with Gasteiger partial charge in [0.15, 0.2) is 0 Å². The van der Waals surface area contributed by atoms with Gasteiger partial charge in [-0.25, -0.2) is 4.39 Å². The van der Waals surface area contributed by atoms with Crippen LogP contribution in [0.25, 0.3) is 0 Å². The maximum absolute atomic E-state index is 13.4. The minimum atomic E-state index is -0.853. The summed E-state index contributed by atoms with van der Waals surface area (Å²) in [5.74, 6) is -1.47. The van der Waals surface area contributed by atoms with Crippen LogP contribution in [-0.4, -0.2) is 17.5 Å². The van der Waals surface area contributed by atoms with Gasteiger partial charge < -0.3 is 4.74 Å². The summed E-state index contributed by atoms with van der Waals surface area (Å²) in [6.07, 6.45) is -0.308. The Morgan fingerprint density at radius 2 is 2.24 bits per heavy atom. The molecule has 0 aliphatic heterocycles. The van der Waals surface area contributed by atoms with Crippen molar-refractivity contribution in [1.82, 2.24) is 0 Å². The molecule has 0 amide bonds. The second kappa shape index (κ2) is 5.58. The molecule has 0 saturated carbocycles. The number of nitro benzene ring substituents is 1. The van der Waals surface area contributed by atoms with E-state index in [1.165, 1.54) is 0 Å². The highest BCUT2D eigenvalue weighted by molar-refractivity contribution is 6.32. The van der Waals surface area contributed by atoms with E-state index in [9.17, 15) is 19.3 Å². The molecule has 1 aromatic carbocycles. The summed E-state index contributed by atoms with van der Waals surface area (Å²) in [7, 11) is 0. The molecule has 0 saturated heterocycles. The van der Waals surface area contributed by atoms with Crippen LogP contribution in [0.5, 0.6) is 0 Å². The first-order chi connectivity index (χ1) is 7.95. The molecule has 92 valence electrons. The Morgan fingerprint density at radius 1 is 1.59 bits per heavy atom. The molecular weight excluding hydrogens is 253 g/mol. The molecule has 5 nitrogen and oxygen atoms in total. The van der Waals surface area contributed by atoms with Crippen molar-refractivity contribution in [1.29, 1.82) is 0 Å². The van der Waals surface area contributed by atoms with E-state index in [1.54, 1.807) is 6.92 Å². The zero-order valence-electron chi connectivity index (χ0n) is 8.91. The molecule has 0 spiro atoms. The van der Waals surface area contributed by atoms with E-state index in [0.29, 0.717) is 6.07 Å². The molecule has 0 aliphatic rings. The molecule has 0 fully saturated rings. The molecule has 0 bridgehead atoms. The molecule has 0 aromatic heterocycles. The molecular formula is C10H9ClFNO4. The normalized spacial score (nSPS) is 10.1. The highest BCUT2D eigenvalue weighted by atomic mass is 35.5. The number of rotatable bonds is 4. The molecule has 0 unspecified atom stereocenters. The van der Waals surface area contributed by atoms with Crippen molar-refractivity contribution in [3.05, 3.63) is 38.7 Å². The zero-order valence-corrected chi connectivity index (χ0v) is 9.66. The number of benzene rings is 1. The van der Waals surface area contributed by atoms with Crippen LogP contribution in [-0.2, 0) is 16.0 Å². The molecule has 0 N–H and O–H groups in total. The van der Waals surface area contributed by atoms with E-state index in [2.05, 4.69) is 4.74 Å². The number of carbonyl (C=O) groups excluding carboxylic acids is 1. The second-order valence-corrected chi connectivity index (χ2v) is 3.54. The Bertz CT molecular complexity index is 464. The largest absolute Gasteiger partial charge is 0.466 e. The van der Waals surface area contributed by atoms with Gasteiger partial charge in [0.2, 0.25) is 0 Å². The number of halogens is 2. The summed E-state index contributed by atoms with van der Waals surface area (Å²) in [5.41, 5.74) is -0.559. The van der Waals surface area contributed by atoms with Crippen LogP contribution in [0, 0.1) is 15.9 Å². The average molecular weight is 262 g/mol. The lowest BCUT2D eigenvalue weighted by Crippen LogP contribution is -2.09. The molecule has 0 heterocycles. The van der Waals surface area contributed by atoms with Crippen LogP contribution < -0.4 is 0 Å². The number of nitro groups is 1. The Kier molecular flexibility index (Phi) is 4.39. The van der Waals surface area contributed by atoms with Crippen LogP contribution in [0.15, 0.2) is 12.1 Å². The maximum atomic E-state index is 13.4. The first-order valence-electron chi connectivity index (χ1n) is 4.73. The molecule has 7 heteroatoms. The number of hydrogen-bond donors (Lipinski definition) is 0. The van der Waals surface area contributed by atoms with Gasteiger partial charge in [0, 0.05) is 5.56 Å². The van der Waals surface area contributed by atoms with Crippen LogP contribution in [0.2, 0.25) is 5.02 Å². The lowest BCUT2D eigenvalue weighted by Gasteiger charge is -2.04. The minimum Gasteiger partial charge on any atom is -0.466 e. The first-order valence-corrected chi connectivity index (χ1v) is 5.11. The fraction of sp³-hybridized carbons (Fsp3) is 0.300. The lowest BCUT2D eigenvalue weighted by atomic mass is 10.1. The Morgan fingerprint density at radius 3 is 2.76 bits per heavy atom. The average Bonchev–Trinajstić information content (AvgIpc) is 2.22. The van der Waals surface area contributed by atoms with E-state index in [1.807, 2.05) is 0 Å². The quantitative estimate of drug-likeness (QED) is 0.474. The molecule has 0 aliphatic carbocycles. The SMILES string of the molecule is CCOC(=O)Cc1cc(Cl)c([N+](=O)[O-])cc1F. The summed E-state index contributed by atoms with van der Waals surface area (Å²) in [4.78, 5) is 20.8. The molecule has 0 radical (unpaired) electrons. The Labute approximate surface area is 101 Å². The smallest absolute Gasteiger partial charge is 0.310 e. The van der Waals surface area contributed by atoms with Crippen LogP contribution in [0.4, 0.5) is 10.1 Å². The van der Waals surface area contributed by atoms with Crippen molar-refractivity contribution in [3.63, 3.8) is 0 Å². The highest BCUT2D eigenvalue weighted by Gasteiger charge is 2.18. The third kappa shape index (κ3) is 3.39. The van der Waals surface area contributed by atoms with E-state index in [4.69, 9.17) is 11.6 Å². The van der Waals surface area contributed by atoms with Crippen molar-refractivity contribution >= 4 is 23.3 Å². The van der Waals surface area contributed by atoms with Crippen molar-refractivity contribution in [2.45, 2.75) is 13.3 Å². The number of esters is 1. The van der Waals surface area contributed by atoms with Crippen molar-refractivity contribution in [2.24, 2.45) is 0 Å².